The van der Waals surface area contributed by atoms with Crippen LogP contribution in [-0.4, -0.2) is 23.6 Å². The lowest BCUT2D eigenvalue weighted by Gasteiger charge is -2.39. The van der Waals surface area contributed by atoms with Crippen LogP contribution in [0.1, 0.15) is 78.6 Å². The zero-order valence-electron chi connectivity index (χ0n) is 12.2. The molecule has 2 nitrogen and oxygen atoms in total. The summed E-state index contributed by atoms with van der Waals surface area (Å²) < 4.78 is 0. The molecule has 1 saturated heterocycles. The number of nitrogens with one attached hydrogen (secondary N) is 1. The Morgan fingerprint density at radius 1 is 0.941 bits per heavy atom. The molecule has 0 aliphatic carbocycles. The van der Waals surface area contributed by atoms with Gasteiger partial charge in [0.15, 0.2) is 0 Å². The van der Waals surface area contributed by atoms with E-state index in [4.69, 9.17) is 0 Å². The topological polar surface area (TPSA) is 15.3 Å². The Morgan fingerprint density at radius 2 is 1.53 bits per heavy atom. The van der Waals surface area contributed by atoms with Gasteiger partial charge in [-0.25, -0.2) is 5.01 Å². The third-order valence-electron chi connectivity index (χ3n) is 4.02. The summed E-state index contributed by atoms with van der Waals surface area (Å²) in [6.45, 7) is 8.15. The highest BCUT2D eigenvalue weighted by molar-refractivity contribution is 4.76. The first-order chi connectivity index (χ1) is 8.25. The maximum absolute atomic E-state index is 3.65. The number of unbranched alkanes of at least 4 members (excludes halogenated alkanes) is 5. The number of rotatable bonds is 8. The van der Waals surface area contributed by atoms with E-state index in [-0.39, 0.29) is 0 Å². The second-order valence-corrected chi connectivity index (χ2v) is 5.71. The molecule has 1 heterocycles. The van der Waals surface area contributed by atoms with Crippen molar-refractivity contribution in [2.45, 2.75) is 90.6 Å². The first kappa shape index (κ1) is 15.0. The van der Waals surface area contributed by atoms with Crippen molar-refractivity contribution in [2.75, 3.05) is 6.54 Å². The maximum atomic E-state index is 3.65. The second-order valence-electron chi connectivity index (χ2n) is 5.71. The molecular weight excluding hydrogens is 208 g/mol. The van der Waals surface area contributed by atoms with Crippen LogP contribution in [0.25, 0.3) is 0 Å². The van der Waals surface area contributed by atoms with Crippen molar-refractivity contribution in [3.8, 4) is 0 Å². The molecule has 0 aromatic carbocycles. The molecule has 2 unspecified atom stereocenters. The minimum absolute atomic E-state index is 0.721. The van der Waals surface area contributed by atoms with Gasteiger partial charge in [-0.2, -0.15) is 0 Å². The number of nitrogens with zero attached hydrogens (tertiary/aromatic N) is 1. The molecule has 0 bridgehead atoms. The van der Waals surface area contributed by atoms with Crippen LogP contribution in [0.4, 0.5) is 0 Å². The number of piperidine rings is 1. The van der Waals surface area contributed by atoms with Crippen molar-refractivity contribution in [1.82, 2.24) is 10.4 Å². The molecule has 0 saturated carbocycles. The molecular formula is C15H32N2. The quantitative estimate of drug-likeness (QED) is 0.642. The van der Waals surface area contributed by atoms with Crippen molar-refractivity contribution in [3.05, 3.63) is 0 Å². The number of hydrazine groups is 1. The lowest BCUT2D eigenvalue weighted by atomic mass is 10.00. The average molecular weight is 240 g/mol. The molecule has 1 fully saturated rings. The summed E-state index contributed by atoms with van der Waals surface area (Å²) in [5.74, 6) is 0. The van der Waals surface area contributed by atoms with Gasteiger partial charge in [-0.05, 0) is 33.1 Å². The molecule has 2 heteroatoms. The van der Waals surface area contributed by atoms with Gasteiger partial charge in [-0.1, -0.05) is 45.4 Å². The summed E-state index contributed by atoms with van der Waals surface area (Å²) in [6, 6.07) is 1.44. The average Bonchev–Trinajstić information content (AvgIpc) is 2.31. The molecule has 102 valence electrons. The van der Waals surface area contributed by atoms with Gasteiger partial charge in [-0.15, -0.1) is 0 Å². The van der Waals surface area contributed by atoms with Gasteiger partial charge < -0.3 is 0 Å². The van der Waals surface area contributed by atoms with Crippen molar-refractivity contribution >= 4 is 0 Å². The fourth-order valence-electron chi connectivity index (χ4n) is 2.85. The lowest BCUT2D eigenvalue weighted by molar-refractivity contribution is 0.0459. The summed E-state index contributed by atoms with van der Waals surface area (Å²) in [5, 5.41) is 2.50. The van der Waals surface area contributed by atoms with Crippen molar-refractivity contribution < 1.29 is 0 Å². The van der Waals surface area contributed by atoms with Crippen LogP contribution < -0.4 is 5.43 Å². The van der Waals surface area contributed by atoms with E-state index in [9.17, 15) is 0 Å². The van der Waals surface area contributed by atoms with Crippen molar-refractivity contribution in [3.63, 3.8) is 0 Å². The van der Waals surface area contributed by atoms with Crippen LogP contribution in [0.5, 0.6) is 0 Å². The zero-order chi connectivity index (χ0) is 12.5. The first-order valence-corrected chi connectivity index (χ1v) is 7.77. The van der Waals surface area contributed by atoms with E-state index >= 15 is 0 Å². The maximum Gasteiger partial charge on any atom is 0.0218 e. The van der Waals surface area contributed by atoms with Crippen molar-refractivity contribution in [2.24, 2.45) is 0 Å². The second kappa shape index (κ2) is 8.93. The van der Waals surface area contributed by atoms with E-state index in [0.29, 0.717) is 0 Å². The molecule has 1 aliphatic rings. The van der Waals surface area contributed by atoms with Gasteiger partial charge in [0.2, 0.25) is 0 Å². The van der Waals surface area contributed by atoms with Crippen LogP contribution in [0.2, 0.25) is 0 Å². The third kappa shape index (κ3) is 5.87. The first-order valence-electron chi connectivity index (χ1n) is 7.77. The highest BCUT2D eigenvalue weighted by Gasteiger charge is 2.23. The van der Waals surface area contributed by atoms with Crippen LogP contribution in [-0.2, 0) is 0 Å². The van der Waals surface area contributed by atoms with Crippen LogP contribution >= 0.6 is 0 Å². The number of hydrogen-bond donors (Lipinski definition) is 1. The Bertz CT molecular complexity index is 172. The van der Waals surface area contributed by atoms with Gasteiger partial charge >= 0.3 is 0 Å². The van der Waals surface area contributed by atoms with Gasteiger partial charge in [0, 0.05) is 18.6 Å². The molecule has 1 rings (SSSR count). The van der Waals surface area contributed by atoms with E-state index in [1.54, 1.807) is 0 Å². The van der Waals surface area contributed by atoms with Crippen molar-refractivity contribution in [1.29, 1.82) is 0 Å². The fraction of sp³-hybridized carbons (Fsp3) is 1.00. The van der Waals surface area contributed by atoms with Crippen LogP contribution in [0, 0.1) is 0 Å². The minimum Gasteiger partial charge on any atom is -0.255 e. The van der Waals surface area contributed by atoms with Gasteiger partial charge in [0.05, 0.1) is 0 Å². The Kier molecular flexibility index (Phi) is 7.87. The van der Waals surface area contributed by atoms with E-state index in [1.165, 1.54) is 64.3 Å². The summed E-state index contributed by atoms with van der Waals surface area (Å²) in [4.78, 5) is 0. The van der Waals surface area contributed by atoms with E-state index in [2.05, 4.69) is 31.2 Å². The Hall–Kier alpha value is -0.0800. The molecule has 0 aromatic rings. The van der Waals surface area contributed by atoms with Gasteiger partial charge in [0.25, 0.3) is 0 Å². The highest BCUT2D eigenvalue weighted by Crippen LogP contribution is 2.20. The Balaban J connectivity index is 2.01. The summed E-state index contributed by atoms with van der Waals surface area (Å²) >= 11 is 0. The van der Waals surface area contributed by atoms with Gasteiger partial charge in [-0.3, -0.25) is 5.43 Å². The molecule has 0 spiro atoms. The summed E-state index contributed by atoms with van der Waals surface area (Å²) in [5.41, 5.74) is 3.65. The summed E-state index contributed by atoms with van der Waals surface area (Å²) in [7, 11) is 0. The van der Waals surface area contributed by atoms with E-state index in [1.807, 2.05) is 0 Å². The molecule has 1 N–H and O–H groups in total. The predicted molar refractivity (Wildman–Crippen MR) is 76.0 cm³/mol. The van der Waals surface area contributed by atoms with E-state index < -0.39 is 0 Å². The fourth-order valence-corrected chi connectivity index (χ4v) is 2.85. The summed E-state index contributed by atoms with van der Waals surface area (Å²) in [6.07, 6.45) is 12.4. The minimum atomic E-state index is 0.721. The predicted octanol–water partition coefficient (Wildman–Crippen LogP) is 4.11. The molecule has 0 radical (unpaired) electrons. The van der Waals surface area contributed by atoms with Crippen LogP contribution in [0.3, 0.4) is 0 Å². The molecule has 1 aliphatic heterocycles. The smallest absolute Gasteiger partial charge is 0.0218 e. The highest BCUT2D eigenvalue weighted by atomic mass is 15.5. The standard InChI is InChI=1S/C15H32N2/c1-4-5-6-7-8-9-13-16-17-14(2)11-10-12-15(17)3/h14-16H,4-13H2,1-3H3. The molecule has 0 amide bonds. The normalized spacial score (nSPS) is 26.3. The molecule has 17 heavy (non-hydrogen) atoms. The lowest BCUT2D eigenvalue weighted by Crippen LogP contribution is -2.52. The zero-order valence-corrected chi connectivity index (χ0v) is 12.2. The largest absolute Gasteiger partial charge is 0.255 e. The van der Waals surface area contributed by atoms with Crippen LogP contribution in [0.15, 0.2) is 0 Å². The number of hydrogen-bond acceptors (Lipinski definition) is 2. The Labute approximate surface area is 108 Å². The SMILES string of the molecule is CCCCCCCCNN1C(C)CCCC1C. The van der Waals surface area contributed by atoms with E-state index in [0.717, 1.165) is 12.1 Å². The molecule has 0 aromatic heterocycles. The molecule has 2 atom stereocenters. The monoisotopic (exact) mass is 240 g/mol. The third-order valence-corrected chi connectivity index (χ3v) is 4.02. The Morgan fingerprint density at radius 3 is 2.18 bits per heavy atom. The van der Waals surface area contributed by atoms with Gasteiger partial charge in [0.1, 0.15) is 0 Å².